The summed E-state index contributed by atoms with van der Waals surface area (Å²) in [7, 11) is 0. The zero-order chi connectivity index (χ0) is 19.8. The van der Waals surface area contributed by atoms with Crippen LogP contribution >= 0.6 is 23.4 Å². The van der Waals surface area contributed by atoms with Crippen molar-refractivity contribution in [3.05, 3.63) is 94.7 Å². The van der Waals surface area contributed by atoms with E-state index in [2.05, 4.69) is 44.1 Å². The Morgan fingerprint density at radius 3 is 2.28 bits per heavy atom. The Balaban J connectivity index is 1.82. The van der Waals surface area contributed by atoms with Crippen LogP contribution in [-0.4, -0.2) is 21.0 Å². The minimum atomic E-state index is 0.683. The summed E-state index contributed by atoms with van der Waals surface area (Å²) in [5.41, 5.74) is 4.05. The monoisotopic (exact) mass is 416 g/mol. The first-order valence-electron chi connectivity index (χ1n) is 9.18. The number of rotatable bonds is 3. The number of hydrogen-bond acceptors (Lipinski definition) is 4. The van der Waals surface area contributed by atoms with Gasteiger partial charge in [0.1, 0.15) is 0 Å². The molecule has 0 saturated heterocycles. The van der Waals surface area contributed by atoms with Gasteiger partial charge in [-0.1, -0.05) is 60.1 Å². The zero-order valence-electron chi connectivity index (χ0n) is 15.7. The van der Waals surface area contributed by atoms with Crippen molar-refractivity contribution in [1.29, 1.82) is 0 Å². The highest BCUT2D eigenvalue weighted by Gasteiger charge is 2.26. The van der Waals surface area contributed by atoms with Crippen LogP contribution in [0.1, 0.15) is 5.82 Å². The van der Waals surface area contributed by atoms with Crippen LogP contribution in [-0.2, 0) is 0 Å². The van der Waals surface area contributed by atoms with Gasteiger partial charge in [-0.3, -0.25) is 4.57 Å². The Morgan fingerprint density at radius 2 is 1.55 bits per heavy atom. The van der Waals surface area contributed by atoms with Crippen LogP contribution in [0.25, 0.3) is 23.2 Å². The van der Waals surface area contributed by atoms with Crippen molar-refractivity contribution in [2.75, 3.05) is 11.2 Å². The van der Waals surface area contributed by atoms with Crippen molar-refractivity contribution in [1.82, 2.24) is 14.8 Å². The highest BCUT2D eigenvalue weighted by Crippen LogP contribution is 2.43. The summed E-state index contributed by atoms with van der Waals surface area (Å²) in [6, 6.07) is 26.3. The Labute approximate surface area is 178 Å². The van der Waals surface area contributed by atoms with E-state index in [0.29, 0.717) is 5.02 Å². The van der Waals surface area contributed by atoms with Gasteiger partial charge in [-0.15, -0.1) is 22.0 Å². The fraction of sp³-hybridized carbons (Fsp3) is 0.0435. The lowest BCUT2D eigenvalue weighted by Gasteiger charge is -2.27. The molecule has 4 nitrogen and oxygen atoms in total. The summed E-state index contributed by atoms with van der Waals surface area (Å²) in [5.74, 6) is 1.59. The molecule has 1 aliphatic heterocycles. The Hall–Kier alpha value is -3.02. The van der Waals surface area contributed by atoms with E-state index in [9.17, 15) is 0 Å². The molecule has 1 aliphatic rings. The highest BCUT2D eigenvalue weighted by atomic mass is 35.5. The van der Waals surface area contributed by atoms with E-state index in [1.807, 2.05) is 66.7 Å². The number of fused-ring (bicyclic) bond motifs is 3. The number of anilines is 2. The van der Waals surface area contributed by atoms with Crippen molar-refractivity contribution < 1.29 is 0 Å². The van der Waals surface area contributed by atoms with Crippen molar-refractivity contribution in [2.45, 2.75) is 0 Å². The molecule has 1 aromatic heterocycles. The number of benzene rings is 3. The van der Waals surface area contributed by atoms with Crippen LogP contribution < -0.4 is 4.90 Å². The quantitative estimate of drug-likeness (QED) is 0.387. The molecule has 2 heterocycles. The lowest BCUT2D eigenvalue weighted by atomic mass is 10.2. The molecule has 0 fully saturated rings. The van der Waals surface area contributed by atoms with Crippen LogP contribution in [0.15, 0.2) is 83.9 Å². The van der Waals surface area contributed by atoms with Gasteiger partial charge in [0, 0.05) is 22.3 Å². The smallest absolute Gasteiger partial charge is 0.168 e. The number of nitrogens with zero attached hydrogens (tertiary/aromatic N) is 4. The van der Waals surface area contributed by atoms with Crippen LogP contribution in [0.2, 0.25) is 5.02 Å². The first-order valence-corrected chi connectivity index (χ1v) is 10.8. The van der Waals surface area contributed by atoms with Gasteiger partial charge in [0.15, 0.2) is 11.6 Å². The average Bonchev–Trinajstić information content (AvgIpc) is 3.12. The maximum atomic E-state index is 6.44. The van der Waals surface area contributed by atoms with E-state index in [4.69, 9.17) is 11.6 Å². The first-order chi connectivity index (χ1) is 14.3. The summed E-state index contributed by atoms with van der Waals surface area (Å²) in [5, 5.41) is 10.7. The molecule has 0 atom stereocenters. The molecule has 0 aliphatic carbocycles. The Bertz CT molecular complexity index is 1200. The number of hydrogen-bond donors (Lipinski definition) is 0. The van der Waals surface area contributed by atoms with Gasteiger partial charge >= 0.3 is 0 Å². The van der Waals surface area contributed by atoms with E-state index in [1.165, 1.54) is 0 Å². The highest BCUT2D eigenvalue weighted by molar-refractivity contribution is 8.02. The second-order valence-electron chi connectivity index (χ2n) is 6.57. The predicted molar refractivity (Wildman–Crippen MR) is 122 cm³/mol. The van der Waals surface area contributed by atoms with E-state index >= 15 is 0 Å². The molecule has 0 spiro atoms. The molecule has 0 N–H and O–H groups in total. The van der Waals surface area contributed by atoms with Crippen LogP contribution in [0.3, 0.4) is 0 Å². The minimum absolute atomic E-state index is 0.683. The van der Waals surface area contributed by atoms with Crippen LogP contribution in [0, 0.1) is 0 Å². The number of thioether (sulfide) groups is 1. The van der Waals surface area contributed by atoms with Gasteiger partial charge in [0.25, 0.3) is 0 Å². The van der Waals surface area contributed by atoms with Crippen molar-refractivity contribution in [2.24, 2.45) is 0 Å². The van der Waals surface area contributed by atoms with Gasteiger partial charge in [0.05, 0.1) is 16.4 Å². The largest absolute Gasteiger partial charge is 0.303 e. The molecular formula is C23H17ClN4S. The number of para-hydroxylation sites is 1. The number of aromatic nitrogens is 3. The molecule has 0 amide bonds. The van der Waals surface area contributed by atoms with Crippen LogP contribution in [0.4, 0.5) is 11.4 Å². The maximum Gasteiger partial charge on any atom is 0.168 e. The maximum absolute atomic E-state index is 6.44. The summed E-state index contributed by atoms with van der Waals surface area (Å²) >= 11 is 8.10. The van der Waals surface area contributed by atoms with Gasteiger partial charge in [-0.05, 0) is 36.6 Å². The van der Waals surface area contributed by atoms with E-state index in [-0.39, 0.29) is 0 Å². The molecule has 0 unspecified atom stereocenters. The van der Waals surface area contributed by atoms with Crippen molar-refractivity contribution in [3.8, 4) is 17.1 Å². The lowest BCUT2D eigenvalue weighted by Crippen LogP contribution is -2.15. The topological polar surface area (TPSA) is 34.0 Å². The molecule has 4 aromatic rings. The summed E-state index contributed by atoms with van der Waals surface area (Å²) in [4.78, 5) is 2.22. The second-order valence-corrected chi connectivity index (χ2v) is 7.84. The van der Waals surface area contributed by atoms with Crippen molar-refractivity contribution >= 4 is 40.8 Å². The van der Waals surface area contributed by atoms with Gasteiger partial charge < -0.3 is 4.90 Å². The van der Waals surface area contributed by atoms with E-state index in [1.54, 1.807) is 11.8 Å². The first kappa shape index (κ1) is 18.0. The summed E-state index contributed by atoms with van der Waals surface area (Å²) < 4.78 is 2.10. The molecule has 0 bridgehead atoms. The van der Waals surface area contributed by atoms with Crippen LogP contribution in [0.5, 0.6) is 0 Å². The third kappa shape index (κ3) is 3.12. The van der Waals surface area contributed by atoms with Gasteiger partial charge in [0.2, 0.25) is 0 Å². The predicted octanol–water partition coefficient (Wildman–Crippen LogP) is 6.40. The molecule has 0 saturated carbocycles. The minimum Gasteiger partial charge on any atom is -0.303 e. The fourth-order valence-electron chi connectivity index (χ4n) is 3.55. The summed E-state index contributed by atoms with van der Waals surface area (Å²) in [6.45, 7) is 0. The number of halogens is 1. The molecule has 0 radical (unpaired) electrons. The average molecular weight is 417 g/mol. The SMILES string of the molecule is CSC1=Cc2nnc(-c3ccccc3)n2-c2ccc(Cl)cc2N1c1ccccc1. The summed E-state index contributed by atoms with van der Waals surface area (Å²) in [6.07, 6.45) is 4.14. The Kier molecular flexibility index (Phi) is 4.62. The lowest BCUT2D eigenvalue weighted by molar-refractivity contribution is 1.04. The Morgan fingerprint density at radius 1 is 0.828 bits per heavy atom. The third-order valence-electron chi connectivity index (χ3n) is 4.84. The van der Waals surface area contributed by atoms with Gasteiger partial charge in [-0.2, -0.15) is 0 Å². The molecule has 3 aromatic carbocycles. The van der Waals surface area contributed by atoms with Crippen molar-refractivity contribution in [3.63, 3.8) is 0 Å². The molecule has 6 heteroatoms. The fourth-order valence-corrected chi connectivity index (χ4v) is 4.33. The van der Waals surface area contributed by atoms with Gasteiger partial charge in [-0.25, -0.2) is 0 Å². The zero-order valence-corrected chi connectivity index (χ0v) is 17.2. The molecule has 29 heavy (non-hydrogen) atoms. The van der Waals surface area contributed by atoms with E-state index < -0.39 is 0 Å². The molecule has 5 rings (SSSR count). The standard InChI is InChI=1S/C23H17ClN4S/c1-29-22-15-21-25-26-23(16-8-4-2-5-9-16)28(21)19-13-12-17(24)14-20(19)27(22)18-10-6-3-7-11-18/h2-15H,1H3. The normalized spacial score (nSPS) is 12.8. The molecular weight excluding hydrogens is 400 g/mol. The third-order valence-corrected chi connectivity index (χ3v) is 5.79. The second kappa shape index (κ2) is 7.43. The van der Waals surface area contributed by atoms with E-state index in [0.717, 1.165) is 39.3 Å². The molecule has 142 valence electrons.